The van der Waals surface area contributed by atoms with Gasteiger partial charge in [-0.3, -0.25) is 4.79 Å². The Kier molecular flexibility index (Phi) is 3.40. The maximum Gasteiger partial charge on any atom is 0.155 e. The monoisotopic (exact) mass is 268 g/mol. The molecule has 19 heavy (non-hydrogen) atoms. The van der Waals surface area contributed by atoms with Gasteiger partial charge in [-0.05, 0) is 43.6 Å². The van der Waals surface area contributed by atoms with Crippen molar-refractivity contribution in [1.82, 2.24) is 0 Å². The minimum Gasteiger partial charge on any atom is -0.393 e. The molecular formula is C15H24O4. The van der Waals surface area contributed by atoms with Crippen LogP contribution in [0.1, 0.15) is 46.5 Å². The highest BCUT2D eigenvalue weighted by Crippen LogP contribution is 2.54. The molecule has 0 heterocycles. The Morgan fingerprint density at radius 2 is 2.16 bits per heavy atom. The second kappa shape index (κ2) is 4.40. The summed E-state index contributed by atoms with van der Waals surface area (Å²) in [6.07, 6.45) is 3.56. The van der Waals surface area contributed by atoms with Crippen LogP contribution in [0.2, 0.25) is 0 Å². The summed E-state index contributed by atoms with van der Waals surface area (Å²) in [4.78, 5) is 11.7. The van der Waals surface area contributed by atoms with Crippen LogP contribution in [0.4, 0.5) is 0 Å². The van der Waals surface area contributed by atoms with Crippen molar-refractivity contribution < 1.29 is 20.1 Å². The van der Waals surface area contributed by atoms with Gasteiger partial charge < -0.3 is 15.3 Å². The predicted molar refractivity (Wildman–Crippen MR) is 71.5 cm³/mol. The van der Waals surface area contributed by atoms with Crippen LogP contribution in [0.3, 0.4) is 0 Å². The maximum atomic E-state index is 11.7. The Morgan fingerprint density at radius 1 is 1.53 bits per heavy atom. The van der Waals surface area contributed by atoms with Crippen molar-refractivity contribution in [2.45, 2.75) is 57.7 Å². The van der Waals surface area contributed by atoms with E-state index in [1.54, 1.807) is 6.08 Å². The summed E-state index contributed by atoms with van der Waals surface area (Å²) >= 11 is 0. The molecule has 0 aromatic heterocycles. The van der Waals surface area contributed by atoms with Crippen molar-refractivity contribution in [1.29, 1.82) is 0 Å². The molecule has 108 valence electrons. The molecule has 1 unspecified atom stereocenters. The highest BCUT2D eigenvalue weighted by molar-refractivity contribution is 5.92. The van der Waals surface area contributed by atoms with Crippen LogP contribution in [0.15, 0.2) is 11.6 Å². The van der Waals surface area contributed by atoms with Crippen LogP contribution < -0.4 is 0 Å². The van der Waals surface area contributed by atoms with Crippen molar-refractivity contribution >= 4 is 5.78 Å². The molecule has 1 fully saturated rings. The lowest BCUT2D eigenvalue weighted by Gasteiger charge is -2.53. The van der Waals surface area contributed by atoms with E-state index in [0.717, 1.165) is 5.57 Å². The first-order valence-corrected chi connectivity index (χ1v) is 6.94. The molecule has 0 saturated heterocycles. The second-order valence-electron chi connectivity index (χ2n) is 6.80. The number of allylic oxidation sites excluding steroid dienone is 2. The summed E-state index contributed by atoms with van der Waals surface area (Å²) in [5.74, 6) is 0.292. The molecule has 3 N–H and O–H groups in total. The van der Waals surface area contributed by atoms with Gasteiger partial charge in [0.25, 0.3) is 0 Å². The quantitative estimate of drug-likeness (QED) is 0.703. The molecule has 4 heteroatoms. The van der Waals surface area contributed by atoms with Crippen molar-refractivity contribution in [3.63, 3.8) is 0 Å². The zero-order chi connectivity index (χ0) is 14.5. The van der Waals surface area contributed by atoms with Gasteiger partial charge in [-0.2, -0.15) is 0 Å². The van der Waals surface area contributed by atoms with E-state index in [9.17, 15) is 20.1 Å². The molecule has 0 amide bonds. The van der Waals surface area contributed by atoms with E-state index in [1.807, 2.05) is 13.8 Å². The number of hydrogen-bond donors (Lipinski definition) is 3. The molecule has 2 aliphatic carbocycles. The van der Waals surface area contributed by atoms with Crippen molar-refractivity contribution in [2.75, 3.05) is 6.61 Å². The molecule has 0 aromatic rings. The van der Waals surface area contributed by atoms with Gasteiger partial charge in [0, 0.05) is 6.42 Å². The van der Waals surface area contributed by atoms with Gasteiger partial charge in [0.2, 0.25) is 0 Å². The second-order valence-corrected chi connectivity index (χ2v) is 6.80. The molecule has 2 rings (SSSR count). The number of aliphatic hydroxyl groups is 3. The third-order valence-corrected chi connectivity index (χ3v) is 5.44. The van der Waals surface area contributed by atoms with Gasteiger partial charge in [-0.1, -0.05) is 19.4 Å². The zero-order valence-corrected chi connectivity index (χ0v) is 11.9. The maximum absolute atomic E-state index is 11.7. The highest BCUT2D eigenvalue weighted by atomic mass is 16.4. The van der Waals surface area contributed by atoms with E-state index in [1.165, 1.54) is 6.92 Å². The first-order chi connectivity index (χ1) is 8.64. The lowest BCUT2D eigenvalue weighted by Crippen LogP contribution is -2.60. The van der Waals surface area contributed by atoms with Gasteiger partial charge in [-0.15, -0.1) is 0 Å². The molecule has 0 aliphatic heterocycles. The molecule has 0 bridgehead atoms. The number of aliphatic hydroxyl groups excluding tert-OH is 1. The fraction of sp³-hybridized carbons (Fsp3) is 0.800. The molecule has 0 radical (unpaired) electrons. The van der Waals surface area contributed by atoms with Gasteiger partial charge >= 0.3 is 0 Å². The van der Waals surface area contributed by atoms with Crippen LogP contribution in [-0.2, 0) is 4.79 Å². The number of carbonyl (C=O) groups is 1. The molecule has 4 atom stereocenters. The minimum atomic E-state index is -1.51. The van der Waals surface area contributed by atoms with Crippen LogP contribution in [0.25, 0.3) is 0 Å². The molecule has 0 spiro atoms. The molecule has 2 aliphatic rings. The molecule has 4 nitrogen and oxygen atoms in total. The van der Waals surface area contributed by atoms with Crippen molar-refractivity contribution in [2.24, 2.45) is 11.3 Å². The molecule has 0 aromatic carbocycles. The van der Waals surface area contributed by atoms with E-state index in [-0.39, 0.29) is 17.1 Å². The summed E-state index contributed by atoms with van der Waals surface area (Å²) in [5.41, 5.74) is -2.01. The van der Waals surface area contributed by atoms with E-state index in [0.29, 0.717) is 25.7 Å². The van der Waals surface area contributed by atoms with E-state index < -0.39 is 17.8 Å². The Morgan fingerprint density at radius 3 is 2.74 bits per heavy atom. The third kappa shape index (κ3) is 2.16. The highest BCUT2D eigenvalue weighted by Gasteiger charge is 2.55. The van der Waals surface area contributed by atoms with Crippen LogP contribution >= 0.6 is 0 Å². The number of hydrogen-bond acceptors (Lipinski definition) is 4. The van der Waals surface area contributed by atoms with Gasteiger partial charge in [-0.25, -0.2) is 0 Å². The minimum absolute atomic E-state index is 0.140. The van der Waals surface area contributed by atoms with E-state index >= 15 is 0 Å². The van der Waals surface area contributed by atoms with E-state index in [4.69, 9.17) is 0 Å². The SMILES string of the molecule is C[C@@H]1CC(=O)C=C2CC[C@@](O)(C(C)(O)CO)C[C@]21C. The van der Waals surface area contributed by atoms with Gasteiger partial charge in [0.15, 0.2) is 5.78 Å². The fourth-order valence-corrected chi connectivity index (χ4v) is 3.55. The van der Waals surface area contributed by atoms with Crippen LogP contribution in [0, 0.1) is 11.3 Å². The summed E-state index contributed by atoms with van der Waals surface area (Å²) < 4.78 is 0. The number of carbonyl (C=O) groups excluding carboxylic acids is 1. The Balaban J connectivity index is 2.37. The smallest absolute Gasteiger partial charge is 0.155 e. The largest absolute Gasteiger partial charge is 0.393 e. The number of rotatable bonds is 2. The van der Waals surface area contributed by atoms with Gasteiger partial charge in [0.1, 0.15) is 5.60 Å². The van der Waals surface area contributed by atoms with Crippen molar-refractivity contribution in [3.8, 4) is 0 Å². The number of fused-ring (bicyclic) bond motifs is 1. The number of ketones is 1. The van der Waals surface area contributed by atoms with Crippen molar-refractivity contribution in [3.05, 3.63) is 11.6 Å². The van der Waals surface area contributed by atoms with Gasteiger partial charge in [0.05, 0.1) is 12.2 Å². The standard InChI is InChI=1S/C15H24O4/c1-10-6-12(17)7-11-4-5-15(19,8-13(10,11)2)14(3,18)9-16/h7,10,16,18-19H,4-6,8-9H2,1-3H3/t10-,13+,14?,15+/m1/s1. The Bertz CT molecular complexity index is 426. The Hall–Kier alpha value is -0.710. The first-order valence-electron chi connectivity index (χ1n) is 6.94. The van der Waals surface area contributed by atoms with Crippen LogP contribution in [0.5, 0.6) is 0 Å². The third-order valence-electron chi connectivity index (χ3n) is 5.44. The summed E-state index contributed by atoms with van der Waals surface area (Å²) in [5, 5.41) is 30.3. The fourth-order valence-electron chi connectivity index (χ4n) is 3.55. The predicted octanol–water partition coefficient (Wildman–Crippen LogP) is 1.19. The zero-order valence-electron chi connectivity index (χ0n) is 11.9. The molecular weight excluding hydrogens is 244 g/mol. The average Bonchev–Trinajstić information content (AvgIpc) is 2.31. The topological polar surface area (TPSA) is 77.8 Å². The van der Waals surface area contributed by atoms with E-state index in [2.05, 4.69) is 0 Å². The lowest BCUT2D eigenvalue weighted by molar-refractivity contribution is -0.190. The normalized spacial score (nSPS) is 42.3. The Labute approximate surface area is 114 Å². The summed E-state index contributed by atoms with van der Waals surface area (Å²) in [6, 6.07) is 0. The van der Waals surface area contributed by atoms with Crippen LogP contribution in [-0.4, -0.2) is 38.9 Å². The molecule has 1 saturated carbocycles. The first kappa shape index (κ1) is 14.7. The summed E-state index contributed by atoms with van der Waals surface area (Å²) in [7, 11) is 0. The average molecular weight is 268 g/mol. The summed E-state index contributed by atoms with van der Waals surface area (Å²) in [6.45, 7) is 5.08. The lowest BCUT2D eigenvalue weighted by atomic mass is 9.54.